The molecule has 0 unspecified atom stereocenters. The minimum Gasteiger partial charge on any atom is -0.480 e. The lowest BCUT2D eigenvalue weighted by Crippen LogP contribution is -2.46. The molecule has 0 spiro atoms. The number of nitrogens with zero attached hydrogens (tertiary/aromatic N) is 4. The number of carboxylic acids is 1. The van der Waals surface area contributed by atoms with Gasteiger partial charge in [-0.1, -0.05) is 50.3 Å². The van der Waals surface area contributed by atoms with Gasteiger partial charge in [-0.2, -0.15) is 19.4 Å². The summed E-state index contributed by atoms with van der Waals surface area (Å²) in [5.41, 5.74) is 3.64. The number of hydrogen-bond acceptors (Lipinski definition) is 12. The van der Waals surface area contributed by atoms with Gasteiger partial charge in [-0.3, -0.25) is 13.9 Å². The summed E-state index contributed by atoms with van der Waals surface area (Å²) in [6, 6.07) is 8.21. The molecule has 0 saturated carbocycles. The van der Waals surface area contributed by atoms with Crippen LogP contribution in [0.2, 0.25) is 0 Å². The summed E-state index contributed by atoms with van der Waals surface area (Å²) in [4.78, 5) is 36.6. The van der Waals surface area contributed by atoms with Crippen molar-refractivity contribution in [2.24, 2.45) is 0 Å². The van der Waals surface area contributed by atoms with Crippen LogP contribution < -0.4 is 15.3 Å². The van der Waals surface area contributed by atoms with Crippen molar-refractivity contribution in [1.82, 2.24) is 24.6 Å². The number of aromatic nitrogens is 4. The first-order valence-electron chi connectivity index (χ1n) is 16.4. The van der Waals surface area contributed by atoms with E-state index < -0.39 is 74.6 Å². The molecule has 4 aromatic rings. The van der Waals surface area contributed by atoms with Crippen molar-refractivity contribution in [2.75, 3.05) is 18.9 Å². The van der Waals surface area contributed by atoms with Gasteiger partial charge in [0.2, 0.25) is 0 Å². The third-order valence-corrected chi connectivity index (χ3v) is 9.65. The van der Waals surface area contributed by atoms with Gasteiger partial charge in [-0.25, -0.2) is 23.1 Å². The molecule has 1 fully saturated rings. The van der Waals surface area contributed by atoms with Gasteiger partial charge in [0.05, 0.1) is 12.9 Å². The van der Waals surface area contributed by atoms with E-state index in [1.54, 1.807) is 18.2 Å². The Balaban J connectivity index is 1.45. The number of rotatable bonds is 17. The van der Waals surface area contributed by atoms with Crippen LogP contribution in [0.25, 0.3) is 11.2 Å². The highest BCUT2D eigenvalue weighted by atomic mass is 31.2. The van der Waals surface area contributed by atoms with E-state index in [0.717, 1.165) is 31.4 Å². The van der Waals surface area contributed by atoms with Crippen LogP contribution in [0.5, 0.6) is 5.75 Å². The Morgan fingerprint density at radius 2 is 1.91 bits per heavy atom. The molecule has 2 aromatic heterocycles. The number of hydrogen-bond donors (Lipinski definition) is 3. The highest BCUT2D eigenvalue weighted by molar-refractivity contribution is 7.52. The molecule has 2 aromatic carbocycles. The average molecular weight is 761 g/mol. The molecule has 0 bridgehead atoms. The average Bonchev–Trinajstić information content (AvgIpc) is 3.69. The maximum Gasteiger partial charge on any atom is 0.508 e. The highest BCUT2D eigenvalue weighted by Gasteiger charge is 2.53. The number of nitrogens with one attached hydrogen (secondary N) is 1. The molecule has 4 N–H and O–H groups in total. The predicted molar refractivity (Wildman–Crippen MR) is 182 cm³/mol. The number of aliphatic carboxylic acids is 1. The third kappa shape index (κ3) is 9.82. The molecule has 3 heterocycles. The molecule has 1 saturated heterocycles. The molecular weight excluding hydrogens is 724 g/mol. The molecule has 0 amide bonds. The van der Waals surface area contributed by atoms with Crippen LogP contribution in [0.4, 0.5) is 23.8 Å². The van der Waals surface area contributed by atoms with Crippen LogP contribution >= 0.6 is 7.75 Å². The molecule has 0 aliphatic carbocycles. The number of imidazole rings is 1. The van der Waals surface area contributed by atoms with Crippen LogP contribution in [-0.4, -0.2) is 67.7 Å². The first-order valence-corrected chi connectivity index (χ1v) is 18.0. The largest absolute Gasteiger partial charge is 0.508 e. The van der Waals surface area contributed by atoms with Crippen molar-refractivity contribution in [2.45, 2.75) is 69.4 Å². The topological polar surface area (TPSA) is 199 Å². The summed E-state index contributed by atoms with van der Waals surface area (Å²) in [7, 11) is -4.81. The summed E-state index contributed by atoms with van der Waals surface area (Å²) >= 11 is 0. The minimum atomic E-state index is -4.81. The third-order valence-electron chi connectivity index (χ3n) is 8.11. The molecule has 19 heteroatoms. The quantitative estimate of drug-likeness (QED) is 0.0389. The van der Waals surface area contributed by atoms with E-state index >= 15 is 0 Å². The zero-order valence-corrected chi connectivity index (χ0v) is 29.2. The van der Waals surface area contributed by atoms with Gasteiger partial charge in [0.1, 0.15) is 36.3 Å². The number of para-hydroxylation sites is 1. The van der Waals surface area contributed by atoms with Gasteiger partial charge in [0.15, 0.2) is 28.7 Å². The molecule has 15 nitrogen and oxygen atoms in total. The molecular formula is C34H36F3N6O9P. The van der Waals surface area contributed by atoms with Crippen LogP contribution in [0.3, 0.4) is 0 Å². The number of halogens is 3. The van der Waals surface area contributed by atoms with Gasteiger partial charge in [0, 0.05) is 12.5 Å². The van der Waals surface area contributed by atoms with E-state index in [1.807, 2.05) is 6.92 Å². The van der Waals surface area contributed by atoms with Gasteiger partial charge < -0.3 is 29.6 Å². The Morgan fingerprint density at radius 3 is 2.58 bits per heavy atom. The standard InChI is InChI=1S/C34H36F3N6O9P/c1-3-5-6-10-13-48-33(46)50-26-18-27(43-20-39-28-29(38)40-32(37)41-30(28)43)51-34(26,4-2)19-49-53(47,52-24-11-8-7-9-12-24)42-25(31(44)45)16-21-14-22(35)17-23(36)15-21/h2,7-9,11-12,14-15,17,20,25-27H,3,5-6,10,13,16,18-19H2,1H3,(H,42,47)(H,44,45)(H2,38,40,41)/t25-,26-,27+,34+,53-/m0/s1. The second kappa shape index (κ2) is 17.1. The Bertz CT molecular complexity index is 2000. The van der Waals surface area contributed by atoms with Gasteiger partial charge in [-0.15, -0.1) is 6.42 Å². The maximum absolute atomic E-state index is 14.4. The van der Waals surface area contributed by atoms with Crippen LogP contribution in [0.15, 0.2) is 54.9 Å². The fourth-order valence-corrected chi connectivity index (χ4v) is 7.06. The van der Waals surface area contributed by atoms with Crippen LogP contribution in [0.1, 0.15) is 50.8 Å². The van der Waals surface area contributed by atoms with Gasteiger partial charge >= 0.3 is 25.9 Å². The Morgan fingerprint density at radius 1 is 1.17 bits per heavy atom. The van der Waals surface area contributed by atoms with Gasteiger partial charge in [0.25, 0.3) is 0 Å². The lowest BCUT2D eigenvalue weighted by atomic mass is 9.99. The number of carboxylic acid groups (broad SMARTS) is 1. The lowest BCUT2D eigenvalue weighted by Gasteiger charge is -2.31. The van der Waals surface area contributed by atoms with Crippen molar-refractivity contribution in [3.8, 4) is 18.1 Å². The predicted octanol–water partition coefficient (Wildman–Crippen LogP) is 5.71. The highest BCUT2D eigenvalue weighted by Crippen LogP contribution is 2.48. The maximum atomic E-state index is 14.4. The Hall–Kier alpha value is -5.21. The number of nitrogens with two attached hydrogens (primary N) is 1. The number of nitrogen functional groups attached to an aromatic ring is 1. The van der Waals surface area contributed by atoms with E-state index in [0.29, 0.717) is 12.5 Å². The second-order valence-electron chi connectivity index (χ2n) is 12.0. The molecule has 282 valence electrons. The SMILES string of the molecule is C#C[C@]1(CO[P@@](=O)(N[C@@H](Cc2cc(F)cc(F)c2)C(=O)O)Oc2ccccc2)O[C@@H](n2cnc3c(N)nc(F)nc32)C[C@@H]1OC(=O)OCCCCCC. The zero-order valence-electron chi connectivity index (χ0n) is 28.3. The van der Waals surface area contributed by atoms with E-state index in [4.69, 9.17) is 35.4 Å². The molecule has 5 atom stereocenters. The second-order valence-corrected chi connectivity index (χ2v) is 13.7. The van der Waals surface area contributed by atoms with Crippen LogP contribution in [-0.2, 0) is 34.5 Å². The summed E-state index contributed by atoms with van der Waals surface area (Å²) in [5.74, 6) is -1.36. The Kier molecular flexibility index (Phi) is 12.6. The molecule has 53 heavy (non-hydrogen) atoms. The van der Waals surface area contributed by atoms with Crippen molar-refractivity contribution >= 4 is 36.9 Å². The molecule has 5 rings (SSSR count). The Labute approximate surface area is 301 Å². The summed E-state index contributed by atoms with van der Waals surface area (Å²) in [5, 5.41) is 12.4. The van der Waals surface area contributed by atoms with Crippen molar-refractivity contribution in [3.05, 3.63) is 78.1 Å². The number of benzene rings is 2. The summed E-state index contributed by atoms with van der Waals surface area (Å²) in [6.45, 7) is 1.22. The van der Waals surface area contributed by atoms with Crippen molar-refractivity contribution in [1.29, 1.82) is 0 Å². The molecule has 1 aliphatic rings. The number of ether oxygens (including phenoxy) is 3. The number of anilines is 1. The van der Waals surface area contributed by atoms with Gasteiger partial charge in [-0.05, 0) is 42.7 Å². The fraction of sp³-hybridized carbons (Fsp3) is 0.382. The number of carbonyl (C=O) groups is 2. The monoisotopic (exact) mass is 760 g/mol. The zero-order chi connectivity index (χ0) is 38.2. The lowest BCUT2D eigenvalue weighted by molar-refractivity contribution is -0.139. The first kappa shape index (κ1) is 39.0. The van der Waals surface area contributed by atoms with Crippen LogP contribution in [0, 0.1) is 30.1 Å². The van der Waals surface area contributed by atoms with E-state index in [2.05, 4.69) is 26.0 Å². The number of unbranched alkanes of at least 4 members (excludes halogenated alkanes) is 3. The normalized spacial score (nSPS) is 20.0. The number of carbonyl (C=O) groups excluding carboxylic acids is 1. The first-order chi connectivity index (χ1) is 25.3. The summed E-state index contributed by atoms with van der Waals surface area (Å²) in [6.07, 6.45) is 4.94. The minimum absolute atomic E-state index is 0.0205. The molecule has 1 aliphatic heterocycles. The smallest absolute Gasteiger partial charge is 0.480 e. The summed E-state index contributed by atoms with van der Waals surface area (Å²) < 4.78 is 86.4. The van der Waals surface area contributed by atoms with Crippen molar-refractivity contribution < 1.29 is 55.7 Å². The van der Waals surface area contributed by atoms with E-state index in [1.165, 1.54) is 23.0 Å². The fourth-order valence-electron chi connectivity index (χ4n) is 5.54. The van der Waals surface area contributed by atoms with E-state index in [9.17, 15) is 32.4 Å². The number of fused-ring (bicyclic) bond motifs is 1. The van der Waals surface area contributed by atoms with Crippen molar-refractivity contribution in [3.63, 3.8) is 0 Å². The number of terminal acetylenes is 1. The molecule has 0 radical (unpaired) electrons. The van der Waals surface area contributed by atoms with E-state index in [-0.39, 0.29) is 41.3 Å².